The van der Waals surface area contributed by atoms with Crippen LogP contribution >= 0.6 is 0 Å². The predicted molar refractivity (Wildman–Crippen MR) is 103 cm³/mol. The van der Waals surface area contributed by atoms with Gasteiger partial charge in [0.05, 0.1) is 0 Å². The van der Waals surface area contributed by atoms with Gasteiger partial charge in [-0.2, -0.15) is 0 Å². The van der Waals surface area contributed by atoms with E-state index in [-0.39, 0.29) is 30.4 Å². The van der Waals surface area contributed by atoms with Gasteiger partial charge in [0.15, 0.2) is 6.61 Å². The van der Waals surface area contributed by atoms with Gasteiger partial charge in [-0.25, -0.2) is 0 Å². The summed E-state index contributed by atoms with van der Waals surface area (Å²) in [7, 11) is 0. The van der Waals surface area contributed by atoms with Crippen LogP contribution in [0.15, 0.2) is 24.3 Å². The summed E-state index contributed by atoms with van der Waals surface area (Å²) in [4.78, 5) is 40.2. The second-order valence-electron chi connectivity index (χ2n) is 7.93. The van der Waals surface area contributed by atoms with E-state index in [1.54, 1.807) is 24.3 Å². The number of amides is 3. The van der Waals surface area contributed by atoms with Gasteiger partial charge in [0.25, 0.3) is 11.8 Å². The molecule has 3 amide bonds. The first-order chi connectivity index (χ1) is 13.6. The van der Waals surface area contributed by atoms with Crippen LogP contribution in [0.3, 0.4) is 0 Å². The van der Waals surface area contributed by atoms with Crippen molar-refractivity contribution in [3.8, 4) is 5.75 Å². The summed E-state index contributed by atoms with van der Waals surface area (Å²) >= 11 is 0. The molecule has 3 saturated heterocycles. The number of nitrogens with zero attached hydrogens (tertiary/aromatic N) is 2. The highest BCUT2D eigenvalue weighted by Gasteiger charge is 2.38. The highest BCUT2D eigenvalue weighted by molar-refractivity contribution is 5.94. The van der Waals surface area contributed by atoms with Crippen molar-refractivity contribution in [1.29, 1.82) is 0 Å². The molecule has 3 fully saturated rings. The Kier molecular flexibility index (Phi) is 5.50. The Bertz CT molecular complexity index is 743. The van der Waals surface area contributed by atoms with Gasteiger partial charge in [-0.05, 0) is 55.9 Å². The minimum absolute atomic E-state index is 0.0151. The number of piperidine rings is 2. The van der Waals surface area contributed by atoms with Crippen LogP contribution in [0, 0.1) is 5.92 Å². The van der Waals surface area contributed by atoms with E-state index in [0.29, 0.717) is 36.7 Å². The summed E-state index contributed by atoms with van der Waals surface area (Å²) in [6.07, 6.45) is 4.74. The zero-order valence-electron chi connectivity index (χ0n) is 16.1. The van der Waals surface area contributed by atoms with Gasteiger partial charge in [0.2, 0.25) is 5.91 Å². The van der Waals surface area contributed by atoms with E-state index in [2.05, 4.69) is 5.32 Å². The normalized spacial score (nSPS) is 24.5. The standard InChI is InChI=1S/C21H27N3O4/c25-19-12-16-8-11-24(13-18(16)22-19)21(27)15-4-6-17(7-5-15)28-14-20(26)23-9-2-1-3-10-23/h4-7,16,18H,1-3,8-14H2,(H,22,25)/t16-,18-/m1/s1. The first-order valence-corrected chi connectivity index (χ1v) is 10.2. The summed E-state index contributed by atoms with van der Waals surface area (Å²) in [6.45, 7) is 2.90. The maximum Gasteiger partial charge on any atom is 0.260 e. The molecule has 1 aromatic rings. The average molecular weight is 385 g/mol. The van der Waals surface area contributed by atoms with Crippen LogP contribution in [-0.4, -0.2) is 66.3 Å². The quantitative estimate of drug-likeness (QED) is 0.850. The molecule has 1 aromatic carbocycles. The SMILES string of the molecule is O=C1C[C@H]2CCN(C(=O)c3ccc(OCC(=O)N4CCCCC4)cc3)C[C@H]2N1. The second kappa shape index (κ2) is 8.20. The maximum atomic E-state index is 12.8. The highest BCUT2D eigenvalue weighted by Crippen LogP contribution is 2.27. The number of ether oxygens (including phenoxy) is 1. The highest BCUT2D eigenvalue weighted by atomic mass is 16.5. The van der Waals surface area contributed by atoms with Crippen molar-refractivity contribution >= 4 is 17.7 Å². The molecule has 4 rings (SSSR count). The molecule has 3 aliphatic rings. The van der Waals surface area contributed by atoms with Crippen molar-refractivity contribution in [3.63, 3.8) is 0 Å². The maximum absolute atomic E-state index is 12.8. The van der Waals surface area contributed by atoms with Crippen molar-refractivity contribution < 1.29 is 19.1 Å². The average Bonchev–Trinajstić information content (AvgIpc) is 3.11. The topological polar surface area (TPSA) is 79.0 Å². The molecule has 0 saturated carbocycles. The molecule has 2 atom stereocenters. The lowest BCUT2D eigenvalue weighted by Crippen LogP contribution is -2.49. The van der Waals surface area contributed by atoms with Crippen LogP contribution in [0.4, 0.5) is 0 Å². The van der Waals surface area contributed by atoms with Crippen LogP contribution in [0.1, 0.15) is 42.5 Å². The van der Waals surface area contributed by atoms with Gasteiger partial charge in [-0.3, -0.25) is 14.4 Å². The zero-order valence-corrected chi connectivity index (χ0v) is 16.1. The van der Waals surface area contributed by atoms with Gasteiger partial charge < -0.3 is 19.9 Å². The minimum Gasteiger partial charge on any atom is -0.484 e. The summed E-state index contributed by atoms with van der Waals surface area (Å²) in [6, 6.07) is 7.03. The summed E-state index contributed by atoms with van der Waals surface area (Å²) in [5.74, 6) is 1.01. The Hall–Kier alpha value is -2.57. The van der Waals surface area contributed by atoms with Gasteiger partial charge in [-0.15, -0.1) is 0 Å². The molecule has 7 nitrogen and oxygen atoms in total. The van der Waals surface area contributed by atoms with Gasteiger partial charge in [0.1, 0.15) is 5.75 Å². The Morgan fingerprint density at radius 2 is 1.79 bits per heavy atom. The molecule has 0 unspecified atom stereocenters. The largest absolute Gasteiger partial charge is 0.484 e. The lowest BCUT2D eigenvalue weighted by atomic mass is 9.92. The van der Waals surface area contributed by atoms with Gasteiger partial charge >= 0.3 is 0 Å². The number of fused-ring (bicyclic) bond motifs is 1. The van der Waals surface area contributed by atoms with Crippen molar-refractivity contribution in [2.24, 2.45) is 5.92 Å². The Balaban J connectivity index is 1.29. The predicted octanol–water partition coefficient (Wildman–Crippen LogP) is 1.43. The molecule has 0 aromatic heterocycles. The Labute approximate surface area is 165 Å². The Morgan fingerprint density at radius 3 is 2.54 bits per heavy atom. The molecule has 150 valence electrons. The first-order valence-electron chi connectivity index (χ1n) is 10.2. The van der Waals surface area contributed by atoms with E-state index >= 15 is 0 Å². The minimum atomic E-state index is -0.0319. The fraction of sp³-hybridized carbons (Fsp3) is 0.571. The number of hydrogen-bond acceptors (Lipinski definition) is 4. The number of benzene rings is 1. The molecular weight excluding hydrogens is 358 g/mol. The van der Waals surface area contributed by atoms with Crippen molar-refractivity contribution in [3.05, 3.63) is 29.8 Å². The van der Waals surface area contributed by atoms with Crippen LogP contribution < -0.4 is 10.1 Å². The molecule has 3 aliphatic heterocycles. The summed E-state index contributed by atoms with van der Waals surface area (Å²) in [5, 5.41) is 2.97. The third-order valence-corrected chi connectivity index (χ3v) is 6.01. The number of hydrogen-bond donors (Lipinski definition) is 1. The lowest BCUT2D eigenvalue weighted by Gasteiger charge is -2.34. The van der Waals surface area contributed by atoms with Gasteiger partial charge in [0, 0.05) is 44.2 Å². The Morgan fingerprint density at radius 1 is 1.04 bits per heavy atom. The van der Waals surface area contributed by atoms with Crippen LogP contribution in [0.5, 0.6) is 5.75 Å². The van der Waals surface area contributed by atoms with E-state index < -0.39 is 0 Å². The van der Waals surface area contributed by atoms with Gasteiger partial charge in [-0.1, -0.05) is 0 Å². The number of likely N-dealkylation sites (tertiary alicyclic amines) is 2. The molecule has 7 heteroatoms. The molecule has 0 bridgehead atoms. The summed E-state index contributed by atoms with van der Waals surface area (Å²) < 4.78 is 5.61. The molecule has 0 aliphatic carbocycles. The number of carbonyl (C=O) groups excluding carboxylic acids is 3. The van der Waals surface area contributed by atoms with Crippen LogP contribution in [-0.2, 0) is 9.59 Å². The third kappa shape index (κ3) is 4.13. The van der Waals surface area contributed by atoms with E-state index in [0.717, 1.165) is 32.4 Å². The first kappa shape index (κ1) is 18.8. The van der Waals surface area contributed by atoms with Crippen LogP contribution in [0.2, 0.25) is 0 Å². The molecule has 0 radical (unpaired) electrons. The number of carbonyl (C=O) groups is 3. The fourth-order valence-electron chi connectivity index (χ4n) is 4.35. The molecular formula is C21H27N3O4. The second-order valence-corrected chi connectivity index (χ2v) is 7.93. The third-order valence-electron chi connectivity index (χ3n) is 6.01. The van der Waals surface area contributed by atoms with Crippen molar-refractivity contribution in [2.45, 2.75) is 38.1 Å². The van der Waals surface area contributed by atoms with Crippen molar-refractivity contribution in [2.75, 3.05) is 32.8 Å². The smallest absolute Gasteiger partial charge is 0.260 e. The van der Waals surface area contributed by atoms with E-state index in [9.17, 15) is 14.4 Å². The molecule has 1 N–H and O–H groups in total. The number of nitrogens with one attached hydrogen (secondary N) is 1. The monoisotopic (exact) mass is 385 g/mol. The molecule has 28 heavy (non-hydrogen) atoms. The van der Waals surface area contributed by atoms with E-state index in [1.807, 2.05) is 9.80 Å². The molecule has 0 spiro atoms. The van der Waals surface area contributed by atoms with E-state index in [4.69, 9.17) is 4.74 Å². The number of rotatable bonds is 4. The van der Waals surface area contributed by atoms with E-state index in [1.165, 1.54) is 6.42 Å². The lowest BCUT2D eigenvalue weighted by molar-refractivity contribution is -0.134. The zero-order chi connectivity index (χ0) is 19.5. The fourth-order valence-corrected chi connectivity index (χ4v) is 4.35. The summed E-state index contributed by atoms with van der Waals surface area (Å²) in [5.41, 5.74) is 0.595. The molecule has 3 heterocycles. The van der Waals surface area contributed by atoms with Crippen molar-refractivity contribution in [1.82, 2.24) is 15.1 Å². The van der Waals surface area contributed by atoms with Crippen LogP contribution in [0.25, 0.3) is 0 Å².